The highest BCUT2D eigenvalue weighted by Crippen LogP contribution is 2.29. The van der Waals surface area contributed by atoms with Crippen LogP contribution in [0, 0.1) is 6.92 Å². The maximum atomic E-state index is 6.37. The fourth-order valence-electron chi connectivity index (χ4n) is 2.77. The number of hydrogen-bond donors (Lipinski definition) is 1. The lowest BCUT2D eigenvalue weighted by Gasteiger charge is -2.08. The Morgan fingerprint density at radius 1 is 1.08 bits per heavy atom. The smallest absolute Gasteiger partial charge is 0.235 e. The van der Waals surface area contributed by atoms with E-state index >= 15 is 0 Å². The third kappa shape index (κ3) is 3.65. The lowest BCUT2D eigenvalue weighted by Crippen LogP contribution is -2.17. The van der Waals surface area contributed by atoms with E-state index in [9.17, 15) is 0 Å². The highest BCUT2D eigenvalue weighted by Gasteiger charge is 2.18. The molecular formula is C19H19N5S2. The molecule has 1 atom stereocenters. The van der Waals surface area contributed by atoms with Gasteiger partial charge >= 0.3 is 0 Å². The molecule has 0 aliphatic carbocycles. The Hall–Kier alpha value is -2.22. The molecule has 0 unspecified atom stereocenters. The minimum absolute atomic E-state index is 0.233. The van der Waals surface area contributed by atoms with Crippen LogP contribution in [0.5, 0.6) is 0 Å². The minimum Gasteiger partial charge on any atom is -0.321 e. The number of thioether (sulfide) groups is 1. The Bertz CT molecular complexity index is 1010. The van der Waals surface area contributed by atoms with Crippen LogP contribution in [0.15, 0.2) is 58.9 Å². The first-order valence-corrected chi connectivity index (χ1v) is 10.2. The molecule has 0 amide bonds. The van der Waals surface area contributed by atoms with Crippen LogP contribution in [0.3, 0.4) is 0 Å². The summed E-state index contributed by atoms with van der Waals surface area (Å²) in [6.45, 7) is 2.13. The standard InChI is InChI=1S/C19H19N5S2/c1-13-7-5-6-10-15(13)12-25-19-23-24-17(21-22-18(24)26-19)16(20)11-14-8-3-2-4-9-14/h2-10,16H,11-12,20H2,1H3/t16-/m0/s1. The molecule has 0 aliphatic rings. The molecule has 7 heteroatoms. The topological polar surface area (TPSA) is 69.1 Å². The lowest BCUT2D eigenvalue weighted by atomic mass is 10.1. The molecule has 4 rings (SSSR count). The van der Waals surface area contributed by atoms with Crippen molar-refractivity contribution in [2.75, 3.05) is 0 Å². The summed E-state index contributed by atoms with van der Waals surface area (Å²) < 4.78 is 2.77. The molecule has 2 N–H and O–H groups in total. The van der Waals surface area contributed by atoms with Gasteiger partial charge in [0.2, 0.25) is 4.96 Å². The first kappa shape index (κ1) is 17.2. The van der Waals surface area contributed by atoms with Crippen LogP contribution < -0.4 is 5.73 Å². The normalized spacial score (nSPS) is 12.5. The Morgan fingerprint density at radius 3 is 2.65 bits per heavy atom. The molecule has 0 saturated heterocycles. The molecule has 132 valence electrons. The van der Waals surface area contributed by atoms with Crippen molar-refractivity contribution in [3.8, 4) is 0 Å². The van der Waals surface area contributed by atoms with Crippen molar-refractivity contribution in [2.45, 2.75) is 29.5 Å². The summed E-state index contributed by atoms with van der Waals surface area (Å²) in [5.74, 6) is 1.60. The second kappa shape index (κ2) is 7.57. The third-order valence-electron chi connectivity index (χ3n) is 4.24. The summed E-state index contributed by atoms with van der Waals surface area (Å²) in [7, 11) is 0. The average molecular weight is 382 g/mol. The van der Waals surface area contributed by atoms with E-state index < -0.39 is 0 Å². The second-order valence-corrected chi connectivity index (χ2v) is 8.31. The van der Waals surface area contributed by atoms with Gasteiger partial charge in [0.25, 0.3) is 0 Å². The first-order valence-electron chi connectivity index (χ1n) is 8.39. The number of benzene rings is 2. The van der Waals surface area contributed by atoms with Crippen LogP contribution in [0.25, 0.3) is 4.96 Å². The van der Waals surface area contributed by atoms with Gasteiger partial charge in [0.15, 0.2) is 10.2 Å². The molecule has 0 fully saturated rings. The van der Waals surface area contributed by atoms with Crippen LogP contribution in [-0.4, -0.2) is 19.8 Å². The molecule has 5 nitrogen and oxygen atoms in total. The highest BCUT2D eigenvalue weighted by molar-refractivity contribution is 8.00. The zero-order valence-electron chi connectivity index (χ0n) is 14.4. The van der Waals surface area contributed by atoms with Crippen molar-refractivity contribution in [1.29, 1.82) is 0 Å². The largest absolute Gasteiger partial charge is 0.321 e. The molecule has 2 aromatic carbocycles. The Kier molecular flexibility index (Phi) is 5.01. The fraction of sp³-hybridized carbons (Fsp3) is 0.211. The van der Waals surface area contributed by atoms with Crippen LogP contribution >= 0.6 is 23.1 Å². The van der Waals surface area contributed by atoms with E-state index in [-0.39, 0.29) is 6.04 Å². The van der Waals surface area contributed by atoms with Crippen LogP contribution in [-0.2, 0) is 12.2 Å². The molecule has 0 radical (unpaired) electrons. The maximum absolute atomic E-state index is 6.37. The summed E-state index contributed by atoms with van der Waals surface area (Å²) in [5, 5.41) is 13.2. The maximum Gasteiger partial charge on any atom is 0.235 e. The van der Waals surface area contributed by atoms with Crippen molar-refractivity contribution in [2.24, 2.45) is 5.73 Å². The first-order chi connectivity index (χ1) is 12.7. The van der Waals surface area contributed by atoms with Gasteiger partial charge in [0, 0.05) is 5.75 Å². The molecule has 0 bridgehead atoms. The van der Waals surface area contributed by atoms with E-state index in [0.29, 0.717) is 12.2 Å². The Balaban J connectivity index is 1.50. The highest BCUT2D eigenvalue weighted by atomic mass is 32.2. The summed E-state index contributed by atoms with van der Waals surface area (Å²) in [6.07, 6.45) is 0.713. The van der Waals surface area contributed by atoms with Gasteiger partial charge in [-0.15, -0.1) is 15.3 Å². The van der Waals surface area contributed by atoms with Gasteiger partial charge in [-0.3, -0.25) is 0 Å². The van der Waals surface area contributed by atoms with Crippen molar-refractivity contribution in [1.82, 2.24) is 19.8 Å². The molecular weight excluding hydrogens is 362 g/mol. The molecule has 26 heavy (non-hydrogen) atoms. The van der Waals surface area contributed by atoms with Crippen molar-refractivity contribution < 1.29 is 0 Å². The van der Waals surface area contributed by atoms with Crippen LogP contribution in [0.1, 0.15) is 28.6 Å². The summed E-state index contributed by atoms with van der Waals surface area (Å²) in [4.78, 5) is 0.788. The number of nitrogens with two attached hydrogens (primary N) is 1. The molecule has 0 aliphatic heterocycles. The molecule has 2 heterocycles. The predicted molar refractivity (Wildman–Crippen MR) is 106 cm³/mol. The monoisotopic (exact) mass is 381 g/mol. The number of aryl methyl sites for hydroxylation is 1. The quantitative estimate of drug-likeness (QED) is 0.511. The number of nitrogens with zero attached hydrogens (tertiary/aromatic N) is 4. The van der Waals surface area contributed by atoms with E-state index in [2.05, 4.69) is 58.6 Å². The van der Waals surface area contributed by atoms with Crippen molar-refractivity contribution >= 4 is 28.1 Å². The average Bonchev–Trinajstić information content (AvgIpc) is 3.22. The summed E-state index contributed by atoms with van der Waals surface area (Å²) in [5.41, 5.74) is 10.2. The van der Waals surface area contributed by atoms with E-state index in [0.717, 1.165) is 15.1 Å². The zero-order chi connectivity index (χ0) is 17.9. The molecule has 2 aromatic heterocycles. The van der Waals surface area contributed by atoms with Crippen LogP contribution in [0.2, 0.25) is 0 Å². The SMILES string of the molecule is Cc1ccccc1CSc1nn2c([C@@H](N)Cc3ccccc3)nnc2s1. The van der Waals surface area contributed by atoms with Gasteiger partial charge in [-0.1, -0.05) is 77.7 Å². The van der Waals surface area contributed by atoms with Gasteiger partial charge < -0.3 is 5.73 Å². The minimum atomic E-state index is -0.233. The Labute approximate surface area is 160 Å². The fourth-order valence-corrected chi connectivity index (χ4v) is 4.73. The van der Waals surface area contributed by atoms with Gasteiger partial charge in [-0.25, -0.2) is 0 Å². The zero-order valence-corrected chi connectivity index (χ0v) is 16.0. The number of fused-ring (bicyclic) bond motifs is 1. The summed E-state index contributed by atoms with van der Waals surface area (Å²) >= 11 is 3.27. The summed E-state index contributed by atoms with van der Waals surface area (Å²) in [6, 6.07) is 18.4. The van der Waals surface area contributed by atoms with E-state index in [4.69, 9.17) is 5.73 Å². The molecule has 4 aromatic rings. The predicted octanol–water partition coefficient (Wildman–Crippen LogP) is 4.03. The van der Waals surface area contributed by atoms with Gasteiger partial charge in [-0.05, 0) is 30.0 Å². The van der Waals surface area contributed by atoms with E-state index in [1.54, 1.807) is 27.6 Å². The number of hydrogen-bond acceptors (Lipinski definition) is 6. The van der Waals surface area contributed by atoms with Crippen molar-refractivity contribution in [3.05, 3.63) is 77.1 Å². The van der Waals surface area contributed by atoms with Crippen LogP contribution in [0.4, 0.5) is 0 Å². The van der Waals surface area contributed by atoms with E-state index in [1.807, 2.05) is 18.2 Å². The lowest BCUT2D eigenvalue weighted by molar-refractivity contribution is 0.635. The van der Waals surface area contributed by atoms with Crippen molar-refractivity contribution in [3.63, 3.8) is 0 Å². The van der Waals surface area contributed by atoms with Gasteiger partial charge in [0.1, 0.15) is 0 Å². The molecule has 0 saturated carbocycles. The van der Waals surface area contributed by atoms with E-state index in [1.165, 1.54) is 16.7 Å². The van der Waals surface area contributed by atoms with Gasteiger partial charge in [0.05, 0.1) is 6.04 Å². The van der Waals surface area contributed by atoms with Gasteiger partial charge in [-0.2, -0.15) is 4.52 Å². The third-order valence-corrected chi connectivity index (χ3v) is 6.32. The number of aromatic nitrogens is 4. The number of rotatable bonds is 6. The Morgan fingerprint density at radius 2 is 1.85 bits per heavy atom. The molecule has 0 spiro atoms. The second-order valence-electron chi connectivity index (χ2n) is 6.13.